The number of aliphatic hydroxyl groups excluding tert-OH is 1. The van der Waals surface area contributed by atoms with E-state index < -0.39 is 12.3 Å². The van der Waals surface area contributed by atoms with Gasteiger partial charge in [-0.3, -0.25) is 4.79 Å². The zero-order valence-electron chi connectivity index (χ0n) is 16.9. The largest absolute Gasteiger partial charge is 0.369 e. The molecule has 2 aromatic carbocycles. The van der Waals surface area contributed by atoms with Gasteiger partial charge in [-0.2, -0.15) is 0 Å². The number of benzene rings is 2. The molecular weight excluding hydrogens is 394 g/mol. The number of hydrogen-bond acceptors (Lipinski definition) is 4. The lowest BCUT2D eigenvalue weighted by molar-refractivity contribution is -0.119. The van der Waals surface area contributed by atoms with E-state index in [-0.39, 0.29) is 5.91 Å². The molecule has 1 aliphatic heterocycles. The van der Waals surface area contributed by atoms with E-state index in [0.717, 1.165) is 33.6 Å². The molecule has 1 unspecified atom stereocenters. The first-order chi connectivity index (χ1) is 14.9. The predicted octanol–water partition coefficient (Wildman–Crippen LogP) is 3.09. The van der Waals surface area contributed by atoms with E-state index in [1.54, 1.807) is 18.2 Å². The summed E-state index contributed by atoms with van der Waals surface area (Å²) >= 11 is 0. The highest BCUT2D eigenvalue weighted by Gasteiger charge is 2.25. The summed E-state index contributed by atoms with van der Waals surface area (Å²) in [5.74, 6) is -0.0702. The van der Waals surface area contributed by atoms with Crippen LogP contribution >= 0.6 is 0 Å². The Kier molecular flexibility index (Phi) is 5.46. The molecule has 0 spiro atoms. The maximum Gasteiger partial charge on any atom is 0.316 e. The predicted molar refractivity (Wildman–Crippen MR) is 121 cm³/mol. The average Bonchev–Trinajstić information content (AvgIpc) is 3.31. The summed E-state index contributed by atoms with van der Waals surface area (Å²) in [5.41, 5.74) is 11.8. The zero-order valence-corrected chi connectivity index (χ0v) is 16.9. The lowest BCUT2D eigenvalue weighted by Gasteiger charge is -2.06. The monoisotopic (exact) mass is 417 g/mol. The molecule has 0 bridgehead atoms. The smallest absolute Gasteiger partial charge is 0.316 e. The first kappa shape index (κ1) is 20.2. The minimum atomic E-state index is -0.869. The highest BCUT2D eigenvalue weighted by atomic mass is 16.3. The Hall–Kier alpha value is -4.04. The Morgan fingerprint density at radius 2 is 2.00 bits per heavy atom. The number of aromatic nitrogens is 1. The number of aliphatic hydroxyl groups is 1. The van der Waals surface area contributed by atoms with Crippen LogP contribution in [0.2, 0.25) is 0 Å². The summed E-state index contributed by atoms with van der Waals surface area (Å²) in [7, 11) is 0. The number of urea groups is 1. The van der Waals surface area contributed by atoms with E-state index >= 15 is 0 Å². The molecule has 0 saturated carbocycles. The number of anilines is 2. The maximum absolute atomic E-state index is 11.2. The molecule has 1 aliphatic rings. The van der Waals surface area contributed by atoms with E-state index in [4.69, 9.17) is 5.73 Å². The minimum Gasteiger partial charge on any atom is -0.369 e. The third kappa shape index (κ3) is 4.59. The second-order valence-electron chi connectivity index (χ2n) is 7.35. The van der Waals surface area contributed by atoms with Crippen molar-refractivity contribution in [3.05, 3.63) is 71.5 Å². The summed E-state index contributed by atoms with van der Waals surface area (Å²) in [4.78, 5) is 25.5. The van der Waals surface area contributed by atoms with Gasteiger partial charge in [0, 0.05) is 47.9 Å². The van der Waals surface area contributed by atoms with Crippen LogP contribution in [0.25, 0.3) is 22.8 Å². The van der Waals surface area contributed by atoms with E-state index in [1.807, 2.05) is 42.6 Å². The van der Waals surface area contributed by atoms with Crippen LogP contribution < -0.4 is 21.7 Å². The first-order valence-corrected chi connectivity index (χ1v) is 9.78. The van der Waals surface area contributed by atoms with Crippen molar-refractivity contribution in [2.45, 2.75) is 19.7 Å². The molecule has 31 heavy (non-hydrogen) atoms. The number of aromatic amines is 1. The normalized spacial score (nSPS) is 15.9. The fourth-order valence-electron chi connectivity index (χ4n) is 3.57. The second-order valence-corrected chi connectivity index (χ2v) is 7.35. The molecule has 158 valence electrons. The molecule has 0 radical (unpaired) electrons. The van der Waals surface area contributed by atoms with E-state index in [1.165, 1.54) is 6.92 Å². The lowest BCUT2D eigenvalue weighted by atomic mass is 10.0. The molecule has 0 fully saturated rings. The Morgan fingerprint density at radius 1 is 1.16 bits per heavy atom. The van der Waals surface area contributed by atoms with Gasteiger partial charge in [-0.25, -0.2) is 4.79 Å². The van der Waals surface area contributed by atoms with Crippen LogP contribution in [-0.2, 0) is 11.3 Å². The van der Waals surface area contributed by atoms with Gasteiger partial charge in [-0.1, -0.05) is 18.2 Å². The summed E-state index contributed by atoms with van der Waals surface area (Å²) in [5, 5.41) is 18.8. The van der Waals surface area contributed by atoms with Crippen molar-refractivity contribution >= 4 is 35.0 Å². The number of amides is 3. The fourth-order valence-corrected chi connectivity index (χ4v) is 3.57. The third-order valence-corrected chi connectivity index (χ3v) is 5.00. The SMILES string of the molecule is CC(=O)NCc1cccc(-c2c[nH]c(/C=C3/c4cc(NC(N)=O)ccc4NC3O)c2)c1. The molecule has 1 aromatic heterocycles. The van der Waals surface area contributed by atoms with Gasteiger partial charge in [0.1, 0.15) is 0 Å². The fraction of sp³-hybridized carbons (Fsp3) is 0.130. The van der Waals surface area contributed by atoms with Gasteiger partial charge < -0.3 is 31.8 Å². The summed E-state index contributed by atoms with van der Waals surface area (Å²) in [6, 6.07) is 14.5. The standard InChI is InChI=1S/C23H23N5O3/c1-13(29)25-11-14-3-2-4-15(7-14)16-8-18(26-12-16)10-20-19-9-17(27-23(24)31)5-6-21(19)28-22(20)30/h2-10,12,22,26,28,30H,11H2,1H3,(H,25,29)(H3,24,27,31)/b20-10-. The van der Waals surface area contributed by atoms with Crippen LogP contribution in [0.3, 0.4) is 0 Å². The van der Waals surface area contributed by atoms with Gasteiger partial charge in [0.05, 0.1) is 0 Å². The lowest BCUT2D eigenvalue weighted by Crippen LogP contribution is -2.19. The highest BCUT2D eigenvalue weighted by Crippen LogP contribution is 2.37. The summed E-state index contributed by atoms with van der Waals surface area (Å²) in [6.45, 7) is 1.97. The molecule has 8 heteroatoms. The number of H-pyrrole nitrogens is 1. The van der Waals surface area contributed by atoms with Gasteiger partial charge in [-0.15, -0.1) is 0 Å². The minimum absolute atomic E-state index is 0.0702. The number of primary amides is 1. The van der Waals surface area contributed by atoms with Crippen LogP contribution in [0.5, 0.6) is 0 Å². The van der Waals surface area contributed by atoms with Crippen molar-refractivity contribution < 1.29 is 14.7 Å². The Labute approximate surface area is 179 Å². The third-order valence-electron chi connectivity index (χ3n) is 5.00. The van der Waals surface area contributed by atoms with Crippen molar-refractivity contribution in [3.8, 4) is 11.1 Å². The molecule has 7 N–H and O–H groups in total. The summed E-state index contributed by atoms with van der Waals surface area (Å²) < 4.78 is 0. The van der Waals surface area contributed by atoms with Gasteiger partial charge in [0.15, 0.2) is 6.23 Å². The first-order valence-electron chi connectivity index (χ1n) is 9.78. The Morgan fingerprint density at radius 3 is 2.77 bits per heavy atom. The second kappa shape index (κ2) is 8.37. The molecular formula is C23H23N5O3. The van der Waals surface area contributed by atoms with Crippen molar-refractivity contribution in [1.29, 1.82) is 0 Å². The molecule has 3 amide bonds. The topological polar surface area (TPSA) is 132 Å². The molecule has 1 atom stereocenters. The number of fused-ring (bicyclic) bond motifs is 1. The van der Waals surface area contributed by atoms with E-state index in [9.17, 15) is 14.7 Å². The van der Waals surface area contributed by atoms with Crippen molar-refractivity contribution in [1.82, 2.24) is 10.3 Å². The van der Waals surface area contributed by atoms with Crippen LogP contribution in [-0.4, -0.2) is 28.3 Å². The Balaban J connectivity index is 1.60. The van der Waals surface area contributed by atoms with Gasteiger partial charge >= 0.3 is 6.03 Å². The number of carbonyl (C=O) groups excluding carboxylic acids is 2. The van der Waals surface area contributed by atoms with Crippen molar-refractivity contribution in [2.24, 2.45) is 5.73 Å². The van der Waals surface area contributed by atoms with Gasteiger partial charge in [0.2, 0.25) is 5.91 Å². The van der Waals surface area contributed by atoms with E-state index in [0.29, 0.717) is 17.8 Å². The number of hydrogen-bond donors (Lipinski definition) is 6. The quantitative estimate of drug-likeness (QED) is 0.381. The zero-order chi connectivity index (χ0) is 22.0. The number of nitrogens with two attached hydrogens (primary N) is 1. The van der Waals surface area contributed by atoms with Crippen molar-refractivity contribution in [2.75, 3.05) is 10.6 Å². The van der Waals surface area contributed by atoms with Crippen LogP contribution in [0.4, 0.5) is 16.2 Å². The van der Waals surface area contributed by atoms with Crippen LogP contribution in [0.15, 0.2) is 54.7 Å². The molecule has 2 heterocycles. The van der Waals surface area contributed by atoms with Crippen molar-refractivity contribution in [3.63, 3.8) is 0 Å². The van der Waals surface area contributed by atoms with E-state index in [2.05, 4.69) is 20.9 Å². The summed E-state index contributed by atoms with van der Waals surface area (Å²) in [6.07, 6.45) is 2.89. The average molecular weight is 417 g/mol. The number of rotatable bonds is 5. The molecule has 4 rings (SSSR count). The highest BCUT2D eigenvalue weighted by molar-refractivity contribution is 5.96. The molecule has 3 aromatic rings. The molecule has 0 aliphatic carbocycles. The van der Waals surface area contributed by atoms with Gasteiger partial charge in [-0.05, 0) is 53.1 Å². The van der Waals surface area contributed by atoms with Gasteiger partial charge in [0.25, 0.3) is 0 Å². The molecule has 0 saturated heterocycles. The van der Waals surface area contributed by atoms with Crippen LogP contribution in [0, 0.1) is 0 Å². The van der Waals surface area contributed by atoms with Crippen LogP contribution in [0.1, 0.15) is 23.7 Å². The number of carbonyl (C=O) groups is 2. The number of nitrogens with one attached hydrogen (secondary N) is 4. The Bertz CT molecular complexity index is 1180. The maximum atomic E-state index is 11.2. The molecule has 8 nitrogen and oxygen atoms in total.